The zero-order chi connectivity index (χ0) is 17.6. The van der Waals surface area contributed by atoms with Crippen LogP contribution in [0.4, 0.5) is 5.82 Å². The van der Waals surface area contributed by atoms with E-state index in [1.165, 1.54) is 4.57 Å². The molecule has 8 heteroatoms. The molecule has 1 aliphatic heterocycles. The summed E-state index contributed by atoms with van der Waals surface area (Å²) in [5.74, 6) is 0.887. The minimum Gasteiger partial charge on any atom is -0.460 e. The highest BCUT2D eigenvalue weighted by molar-refractivity contribution is 8.00. The Morgan fingerprint density at radius 1 is 1.28 bits per heavy atom. The highest BCUT2D eigenvalue weighted by Crippen LogP contribution is 2.24. The first-order valence-electron chi connectivity index (χ1n) is 8.04. The van der Waals surface area contributed by atoms with E-state index in [2.05, 4.69) is 9.88 Å². The molecule has 25 heavy (non-hydrogen) atoms. The molecule has 3 rings (SSSR count). The SMILES string of the molecule is Nc1ccn(CCN2CCSC2COC(=O)c2ccccc2)c(=O)n1. The number of aromatic nitrogens is 2. The Balaban J connectivity index is 1.52. The number of esters is 1. The third-order valence-electron chi connectivity index (χ3n) is 3.99. The van der Waals surface area contributed by atoms with Crippen LogP contribution in [0.5, 0.6) is 0 Å². The second kappa shape index (κ2) is 8.17. The van der Waals surface area contributed by atoms with E-state index in [-0.39, 0.29) is 22.9 Å². The molecule has 1 saturated heterocycles. The minimum absolute atomic E-state index is 0.102. The van der Waals surface area contributed by atoms with Gasteiger partial charge < -0.3 is 10.5 Å². The van der Waals surface area contributed by atoms with Crippen LogP contribution in [0, 0.1) is 0 Å². The summed E-state index contributed by atoms with van der Waals surface area (Å²) >= 11 is 1.76. The van der Waals surface area contributed by atoms with Gasteiger partial charge in [-0.25, -0.2) is 9.59 Å². The smallest absolute Gasteiger partial charge is 0.349 e. The van der Waals surface area contributed by atoms with Crippen molar-refractivity contribution in [1.29, 1.82) is 0 Å². The standard InChI is InChI=1S/C17H20N4O3S/c18-14-6-7-21(17(23)19-14)9-8-20-10-11-25-15(20)12-24-16(22)13-4-2-1-3-5-13/h1-7,15H,8-12H2,(H2,18,19,23). The molecule has 2 aromatic rings. The van der Waals surface area contributed by atoms with E-state index in [4.69, 9.17) is 10.5 Å². The fourth-order valence-corrected chi connectivity index (χ4v) is 3.82. The van der Waals surface area contributed by atoms with Gasteiger partial charge in [0.15, 0.2) is 0 Å². The lowest BCUT2D eigenvalue weighted by atomic mass is 10.2. The third kappa shape index (κ3) is 4.61. The van der Waals surface area contributed by atoms with Gasteiger partial charge in [0, 0.05) is 31.6 Å². The van der Waals surface area contributed by atoms with Crippen molar-refractivity contribution in [2.24, 2.45) is 0 Å². The maximum Gasteiger partial charge on any atom is 0.349 e. The Kier molecular flexibility index (Phi) is 5.72. The molecule has 2 heterocycles. The van der Waals surface area contributed by atoms with Gasteiger partial charge in [0.05, 0.1) is 10.9 Å². The monoisotopic (exact) mass is 360 g/mol. The number of ether oxygens (including phenoxy) is 1. The number of hydrogen-bond acceptors (Lipinski definition) is 7. The third-order valence-corrected chi connectivity index (χ3v) is 5.22. The lowest BCUT2D eigenvalue weighted by molar-refractivity contribution is 0.0446. The summed E-state index contributed by atoms with van der Waals surface area (Å²) in [4.78, 5) is 29.8. The van der Waals surface area contributed by atoms with Crippen molar-refractivity contribution in [3.8, 4) is 0 Å². The summed E-state index contributed by atoms with van der Waals surface area (Å²) in [6, 6.07) is 10.6. The van der Waals surface area contributed by atoms with Gasteiger partial charge in [-0.05, 0) is 18.2 Å². The van der Waals surface area contributed by atoms with Crippen LogP contribution in [-0.4, -0.2) is 51.2 Å². The van der Waals surface area contributed by atoms with Crippen LogP contribution in [0.1, 0.15) is 10.4 Å². The first kappa shape index (κ1) is 17.5. The van der Waals surface area contributed by atoms with Gasteiger partial charge in [0.2, 0.25) is 0 Å². The van der Waals surface area contributed by atoms with Gasteiger partial charge in [-0.1, -0.05) is 18.2 Å². The summed E-state index contributed by atoms with van der Waals surface area (Å²) in [5.41, 5.74) is 5.70. The average molecular weight is 360 g/mol. The minimum atomic E-state index is -0.348. The Labute approximate surface area is 149 Å². The van der Waals surface area contributed by atoms with E-state index in [1.807, 2.05) is 18.2 Å². The number of nitrogens with zero attached hydrogens (tertiary/aromatic N) is 3. The number of benzene rings is 1. The second-order valence-electron chi connectivity index (χ2n) is 5.65. The van der Waals surface area contributed by atoms with Crippen molar-refractivity contribution in [3.05, 3.63) is 58.6 Å². The van der Waals surface area contributed by atoms with Crippen molar-refractivity contribution < 1.29 is 9.53 Å². The number of carbonyl (C=O) groups is 1. The fraction of sp³-hybridized carbons (Fsp3) is 0.353. The predicted molar refractivity (Wildman–Crippen MR) is 97.5 cm³/mol. The molecule has 0 radical (unpaired) electrons. The van der Waals surface area contributed by atoms with Crippen molar-refractivity contribution >= 4 is 23.5 Å². The lowest BCUT2D eigenvalue weighted by Crippen LogP contribution is -2.37. The van der Waals surface area contributed by atoms with E-state index >= 15 is 0 Å². The van der Waals surface area contributed by atoms with E-state index in [0.717, 1.165) is 12.3 Å². The number of thioether (sulfide) groups is 1. The maximum absolute atomic E-state index is 12.0. The number of anilines is 1. The van der Waals surface area contributed by atoms with Crippen molar-refractivity contribution in [2.75, 3.05) is 31.2 Å². The van der Waals surface area contributed by atoms with E-state index < -0.39 is 0 Å². The van der Waals surface area contributed by atoms with Crippen LogP contribution < -0.4 is 11.4 Å². The number of nitrogen functional groups attached to an aromatic ring is 1. The number of hydrogen-bond donors (Lipinski definition) is 1. The van der Waals surface area contributed by atoms with Crippen LogP contribution in [0.15, 0.2) is 47.4 Å². The molecule has 1 unspecified atom stereocenters. The molecule has 132 valence electrons. The molecule has 0 bridgehead atoms. The number of nitrogens with two attached hydrogens (primary N) is 1. The molecule has 0 saturated carbocycles. The molecule has 1 aromatic heterocycles. The van der Waals surface area contributed by atoms with Gasteiger partial charge in [-0.15, -0.1) is 11.8 Å². The van der Waals surface area contributed by atoms with Gasteiger partial charge in [0.25, 0.3) is 0 Å². The normalized spacial score (nSPS) is 17.5. The van der Waals surface area contributed by atoms with Gasteiger partial charge in [-0.2, -0.15) is 4.98 Å². The molecule has 1 atom stereocenters. The van der Waals surface area contributed by atoms with Crippen molar-refractivity contribution in [1.82, 2.24) is 14.5 Å². The van der Waals surface area contributed by atoms with Crippen LogP contribution in [0.2, 0.25) is 0 Å². The second-order valence-corrected chi connectivity index (χ2v) is 6.94. The number of rotatable bonds is 6. The van der Waals surface area contributed by atoms with E-state index in [1.54, 1.807) is 36.2 Å². The predicted octanol–water partition coefficient (Wildman–Crippen LogP) is 1.06. The zero-order valence-corrected chi connectivity index (χ0v) is 14.5. The van der Waals surface area contributed by atoms with Crippen molar-refractivity contribution in [3.63, 3.8) is 0 Å². The summed E-state index contributed by atoms with van der Waals surface area (Å²) in [5, 5.41) is 0.102. The van der Waals surface area contributed by atoms with Crippen LogP contribution in [0.3, 0.4) is 0 Å². The molecule has 0 amide bonds. The zero-order valence-electron chi connectivity index (χ0n) is 13.7. The Morgan fingerprint density at radius 3 is 2.84 bits per heavy atom. The van der Waals surface area contributed by atoms with Crippen molar-refractivity contribution in [2.45, 2.75) is 11.9 Å². The maximum atomic E-state index is 12.0. The molecule has 1 aliphatic rings. The fourth-order valence-electron chi connectivity index (χ4n) is 2.62. The van der Waals surface area contributed by atoms with E-state index in [0.29, 0.717) is 25.3 Å². The Hall–Kier alpha value is -2.32. The lowest BCUT2D eigenvalue weighted by Gasteiger charge is -2.23. The van der Waals surface area contributed by atoms with Gasteiger partial charge in [-0.3, -0.25) is 9.47 Å². The summed E-state index contributed by atoms with van der Waals surface area (Å²) in [6.45, 7) is 2.44. The van der Waals surface area contributed by atoms with Crippen LogP contribution in [-0.2, 0) is 11.3 Å². The van der Waals surface area contributed by atoms with Gasteiger partial charge >= 0.3 is 11.7 Å². The Bertz CT molecular complexity index is 781. The summed E-state index contributed by atoms with van der Waals surface area (Å²) < 4.78 is 6.97. The van der Waals surface area contributed by atoms with Crippen LogP contribution in [0.25, 0.3) is 0 Å². The largest absolute Gasteiger partial charge is 0.460 e. The number of carbonyl (C=O) groups excluding carboxylic acids is 1. The molecule has 1 aromatic carbocycles. The molecular weight excluding hydrogens is 340 g/mol. The first-order chi connectivity index (χ1) is 12.1. The summed E-state index contributed by atoms with van der Waals surface area (Å²) in [7, 11) is 0. The topological polar surface area (TPSA) is 90.5 Å². The highest BCUT2D eigenvalue weighted by Gasteiger charge is 2.26. The molecule has 7 nitrogen and oxygen atoms in total. The average Bonchev–Trinajstić information content (AvgIpc) is 3.07. The van der Waals surface area contributed by atoms with Crippen LogP contribution >= 0.6 is 11.8 Å². The first-order valence-corrected chi connectivity index (χ1v) is 9.09. The molecule has 0 spiro atoms. The van der Waals surface area contributed by atoms with E-state index in [9.17, 15) is 9.59 Å². The molecule has 2 N–H and O–H groups in total. The van der Waals surface area contributed by atoms with Gasteiger partial charge in [0.1, 0.15) is 12.4 Å². The molecule has 1 fully saturated rings. The summed E-state index contributed by atoms with van der Waals surface area (Å²) in [6.07, 6.45) is 1.65. The Morgan fingerprint density at radius 2 is 2.08 bits per heavy atom. The highest BCUT2D eigenvalue weighted by atomic mass is 32.2. The quantitative estimate of drug-likeness (QED) is 0.770. The molecule has 0 aliphatic carbocycles. The molecular formula is C17H20N4O3S.